The first kappa shape index (κ1) is 21.4. The highest BCUT2D eigenvalue weighted by Crippen LogP contribution is 2.21. The third kappa shape index (κ3) is 7.00. The maximum absolute atomic E-state index is 12.1. The number of rotatable bonds is 7. The molecule has 148 valence electrons. The molecule has 0 unspecified atom stereocenters. The molecule has 6 nitrogen and oxygen atoms in total. The van der Waals surface area contributed by atoms with E-state index in [1.807, 2.05) is 24.3 Å². The van der Waals surface area contributed by atoms with Gasteiger partial charge in [-0.2, -0.15) is 0 Å². The fraction of sp³-hybridized carbons (Fsp3) is 0.286. The van der Waals surface area contributed by atoms with Crippen LogP contribution in [0.1, 0.15) is 38.7 Å². The Hall–Kier alpha value is -2.93. The molecule has 3 N–H and O–H groups in total. The molecule has 0 aliphatic rings. The van der Waals surface area contributed by atoms with E-state index in [9.17, 15) is 9.59 Å². The summed E-state index contributed by atoms with van der Waals surface area (Å²) in [5.41, 5.74) is 2.59. The molecule has 2 aromatic carbocycles. The van der Waals surface area contributed by atoms with Crippen molar-refractivity contribution in [3.63, 3.8) is 0 Å². The predicted molar refractivity (Wildman–Crippen MR) is 116 cm³/mol. The van der Waals surface area contributed by atoms with Crippen LogP contribution in [0.3, 0.4) is 0 Å². The van der Waals surface area contributed by atoms with E-state index in [2.05, 4.69) is 29.8 Å². The van der Waals surface area contributed by atoms with Crippen LogP contribution in [-0.2, 0) is 9.59 Å². The number of amides is 2. The van der Waals surface area contributed by atoms with Gasteiger partial charge in [0.2, 0.25) is 5.91 Å². The van der Waals surface area contributed by atoms with Crippen LogP contribution < -0.4 is 20.7 Å². The smallest absolute Gasteiger partial charge is 0.262 e. The maximum Gasteiger partial charge on any atom is 0.262 e. The normalized spacial score (nSPS) is 11.2. The second-order valence-electron chi connectivity index (χ2n) is 6.43. The first-order valence-corrected chi connectivity index (χ1v) is 9.49. The lowest BCUT2D eigenvalue weighted by atomic mass is 9.99. The number of anilines is 2. The van der Waals surface area contributed by atoms with Crippen LogP contribution in [0.25, 0.3) is 0 Å². The second-order valence-corrected chi connectivity index (χ2v) is 6.84. The van der Waals surface area contributed by atoms with Gasteiger partial charge in [-0.25, -0.2) is 0 Å². The van der Waals surface area contributed by atoms with E-state index in [1.165, 1.54) is 12.5 Å². The van der Waals surface area contributed by atoms with Crippen LogP contribution in [0.15, 0.2) is 48.5 Å². The first-order valence-electron chi connectivity index (χ1n) is 9.08. The van der Waals surface area contributed by atoms with Crippen molar-refractivity contribution in [3.8, 4) is 5.75 Å². The van der Waals surface area contributed by atoms with Crippen molar-refractivity contribution in [2.24, 2.45) is 0 Å². The molecule has 0 heterocycles. The SMILES string of the molecule is CC[C@@H](C)c1ccc(OCC(=O)Nc2ccc(NC(=S)NC(C)=O)cc2)cc1. The third-order valence-electron chi connectivity index (χ3n) is 4.15. The minimum absolute atomic E-state index is 0.0741. The van der Waals surface area contributed by atoms with Crippen molar-refractivity contribution >= 4 is 40.5 Å². The highest BCUT2D eigenvalue weighted by molar-refractivity contribution is 7.80. The average Bonchev–Trinajstić information content (AvgIpc) is 2.67. The van der Waals surface area contributed by atoms with Gasteiger partial charge in [0, 0.05) is 18.3 Å². The molecular weight excluding hydrogens is 374 g/mol. The summed E-state index contributed by atoms with van der Waals surface area (Å²) in [4.78, 5) is 23.0. The number of hydrogen-bond donors (Lipinski definition) is 3. The summed E-state index contributed by atoms with van der Waals surface area (Å²) in [7, 11) is 0. The van der Waals surface area contributed by atoms with Gasteiger partial charge in [-0.15, -0.1) is 0 Å². The van der Waals surface area contributed by atoms with Crippen LogP contribution in [0, 0.1) is 0 Å². The van der Waals surface area contributed by atoms with Crippen molar-refractivity contribution in [2.75, 3.05) is 17.2 Å². The fourth-order valence-corrected chi connectivity index (χ4v) is 2.69. The van der Waals surface area contributed by atoms with Gasteiger partial charge in [0.1, 0.15) is 5.75 Å². The van der Waals surface area contributed by atoms with Crippen molar-refractivity contribution in [1.82, 2.24) is 5.32 Å². The van der Waals surface area contributed by atoms with Gasteiger partial charge in [0.15, 0.2) is 11.7 Å². The number of carbonyl (C=O) groups is 2. The third-order valence-corrected chi connectivity index (χ3v) is 4.35. The van der Waals surface area contributed by atoms with Gasteiger partial charge in [-0.05, 0) is 66.5 Å². The zero-order valence-electron chi connectivity index (χ0n) is 16.2. The first-order chi connectivity index (χ1) is 13.4. The van der Waals surface area contributed by atoms with Crippen LogP contribution >= 0.6 is 12.2 Å². The molecule has 1 atom stereocenters. The Morgan fingerprint density at radius 2 is 1.57 bits per heavy atom. The molecule has 0 aliphatic heterocycles. The molecule has 7 heteroatoms. The maximum atomic E-state index is 12.1. The van der Waals surface area contributed by atoms with E-state index >= 15 is 0 Å². The molecule has 0 saturated heterocycles. The zero-order chi connectivity index (χ0) is 20.5. The molecule has 2 aromatic rings. The van der Waals surface area contributed by atoms with Crippen molar-refractivity contribution in [1.29, 1.82) is 0 Å². The molecule has 0 bridgehead atoms. The Bertz CT molecular complexity index is 820. The van der Waals surface area contributed by atoms with Gasteiger partial charge >= 0.3 is 0 Å². The Balaban J connectivity index is 1.81. The molecule has 0 spiro atoms. The van der Waals surface area contributed by atoms with Crippen LogP contribution in [0.4, 0.5) is 11.4 Å². The number of hydrogen-bond acceptors (Lipinski definition) is 4. The van der Waals surface area contributed by atoms with Gasteiger partial charge in [0.25, 0.3) is 5.91 Å². The fourth-order valence-electron chi connectivity index (χ4n) is 2.43. The number of nitrogens with one attached hydrogen (secondary N) is 3. The van der Waals surface area contributed by atoms with E-state index in [0.717, 1.165) is 6.42 Å². The molecule has 2 rings (SSSR count). The highest BCUT2D eigenvalue weighted by atomic mass is 32.1. The van der Waals surface area contributed by atoms with Crippen molar-refractivity contribution < 1.29 is 14.3 Å². The lowest BCUT2D eigenvalue weighted by Crippen LogP contribution is -2.32. The summed E-state index contributed by atoms with van der Waals surface area (Å²) < 4.78 is 5.54. The molecule has 0 saturated carbocycles. The van der Waals surface area contributed by atoms with Crippen LogP contribution in [-0.4, -0.2) is 23.5 Å². The number of thiocarbonyl (C=S) groups is 1. The monoisotopic (exact) mass is 399 g/mol. The van der Waals surface area contributed by atoms with Gasteiger partial charge < -0.3 is 20.7 Å². The minimum Gasteiger partial charge on any atom is -0.484 e. The Morgan fingerprint density at radius 1 is 1.00 bits per heavy atom. The summed E-state index contributed by atoms with van der Waals surface area (Å²) in [6.45, 7) is 5.64. The minimum atomic E-state index is -0.250. The molecule has 0 fully saturated rings. The van der Waals surface area contributed by atoms with E-state index in [0.29, 0.717) is 23.0 Å². The van der Waals surface area contributed by atoms with E-state index in [1.54, 1.807) is 24.3 Å². The summed E-state index contributed by atoms with van der Waals surface area (Å²) >= 11 is 5.00. The number of carbonyl (C=O) groups excluding carboxylic acids is 2. The average molecular weight is 400 g/mol. The standard InChI is InChI=1S/C21H25N3O3S/c1-4-14(2)16-5-11-19(12-6-16)27-13-20(26)23-17-7-9-18(10-8-17)24-21(28)22-15(3)25/h5-12,14H,4,13H2,1-3H3,(H,23,26)(H2,22,24,25,28)/t14-/m1/s1. The quantitative estimate of drug-likeness (QED) is 0.612. The molecular formula is C21H25N3O3S. The van der Waals surface area contributed by atoms with Crippen LogP contribution in [0.2, 0.25) is 0 Å². The highest BCUT2D eigenvalue weighted by Gasteiger charge is 2.06. The molecule has 0 aromatic heterocycles. The molecule has 28 heavy (non-hydrogen) atoms. The van der Waals surface area contributed by atoms with E-state index in [4.69, 9.17) is 17.0 Å². The number of ether oxygens (including phenoxy) is 1. The van der Waals surface area contributed by atoms with Crippen molar-refractivity contribution in [2.45, 2.75) is 33.1 Å². The second kappa shape index (κ2) is 10.4. The lowest BCUT2D eigenvalue weighted by Gasteiger charge is -2.11. The summed E-state index contributed by atoms with van der Waals surface area (Å²) in [5, 5.41) is 8.35. The Morgan fingerprint density at radius 3 is 2.11 bits per heavy atom. The summed E-state index contributed by atoms with van der Waals surface area (Å²) in [6.07, 6.45) is 1.08. The Labute approximate surface area is 170 Å². The van der Waals surface area contributed by atoms with Crippen LogP contribution in [0.5, 0.6) is 5.75 Å². The van der Waals surface area contributed by atoms with Gasteiger partial charge in [-0.1, -0.05) is 26.0 Å². The largest absolute Gasteiger partial charge is 0.484 e. The van der Waals surface area contributed by atoms with Crippen molar-refractivity contribution in [3.05, 3.63) is 54.1 Å². The number of benzene rings is 2. The Kier molecular flexibility index (Phi) is 7.95. The van der Waals surface area contributed by atoms with Gasteiger partial charge in [0.05, 0.1) is 0 Å². The van der Waals surface area contributed by atoms with E-state index in [-0.39, 0.29) is 23.5 Å². The molecule has 0 aliphatic carbocycles. The molecule has 2 amide bonds. The summed E-state index contributed by atoms with van der Waals surface area (Å²) in [6, 6.07) is 14.8. The zero-order valence-corrected chi connectivity index (χ0v) is 17.1. The van der Waals surface area contributed by atoms with E-state index < -0.39 is 0 Å². The van der Waals surface area contributed by atoms with Gasteiger partial charge in [-0.3, -0.25) is 9.59 Å². The molecule has 0 radical (unpaired) electrons. The lowest BCUT2D eigenvalue weighted by molar-refractivity contribution is -0.118. The topological polar surface area (TPSA) is 79.5 Å². The summed E-state index contributed by atoms with van der Waals surface area (Å²) in [5.74, 6) is 0.673. The predicted octanol–water partition coefficient (Wildman–Crippen LogP) is 4.05.